The Bertz CT molecular complexity index is 119. The first kappa shape index (κ1) is 8.20. The Morgan fingerprint density at radius 2 is 2.11 bits per heavy atom. The third-order valence-corrected chi connectivity index (χ3v) is 0.604. The molecule has 4 heteroatoms. The Kier molecular flexibility index (Phi) is 3.75. The van der Waals surface area contributed by atoms with Crippen LogP contribution in [0.4, 0.5) is 13.2 Å². The normalized spacial score (nSPS) is 12.2. The predicted molar refractivity (Wildman–Crippen MR) is 25.9 cm³/mol. The average Bonchev–Trinajstić information content (AvgIpc) is 1.83. The van der Waals surface area contributed by atoms with Crippen molar-refractivity contribution in [3.05, 3.63) is 11.9 Å². The number of allylic oxidation sites excluding steroid dienone is 2. The molecule has 0 atom stereocenters. The van der Waals surface area contributed by atoms with Crippen molar-refractivity contribution >= 4 is 6.29 Å². The van der Waals surface area contributed by atoms with Crippen LogP contribution in [0.15, 0.2) is 11.9 Å². The van der Waals surface area contributed by atoms with Gasteiger partial charge in [-0.1, -0.05) is 0 Å². The van der Waals surface area contributed by atoms with Gasteiger partial charge < -0.3 is 0 Å². The second kappa shape index (κ2) is 4.12. The van der Waals surface area contributed by atoms with Gasteiger partial charge >= 0.3 is 0 Å². The summed E-state index contributed by atoms with van der Waals surface area (Å²) in [7, 11) is 0. The molecule has 0 heterocycles. The maximum atomic E-state index is 11.7. The topological polar surface area (TPSA) is 17.1 Å². The Morgan fingerprint density at radius 1 is 1.56 bits per heavy atom. The first-order valence-electron chi connectivity index (χ1n) is 2.25. The number of hydrogen-bond donors (Lipinski definition) is 0. The highest BCUT2D eigenvalue weighted by Gasteiger charge is 1.99. The van der Waals surface area contributed by atoms with Crippen LogP contribution in [0.5, 0.6) is 0 Å². The highest BCUT2D eigenvalue weighted by Crippen LogP contribution is 2.02. The van der Waals surface area contributed by atoms with E-state index in [9.17, 15) is 18.0 Å². The lowest BCUT2D eigenvalue weighted by atomic mass is 10.4. The zero-order chi connectivity index (χ0) is 7.28. The summed E-state index contributed by atoms with van der Waals surface area (Å²) in [5.41, 5.74) is 0. The van der Waals surface area contributed by atoms with Crippen molar-refractivity contribution in [2.45, 2.75) is 12.8 Å². The Labute approximate surface area is 50.2 Å². The first-order valence-corrected chi connectivity index (χ1v) is 2.25. The molecule has 0 unspecified atom stereocenters. The number of hydrogen-bond acceptors (Lipinski definition) is 1. The van der Waals surface area contributed by atoms with Crippen LogP contribution < -0.4 is 0 Å². The fourth-order valence-corrected chi connectivity index (χ4v) is 0.250. The second-order valence-corrected chi connectivity index (χ2v) is 1.33. The van der Waals surface area contributed by atoms with Gasteiger partial charge in [-0.05, 0) is 6.08 Å². The van der Waals surface area contributed by atoms with Crippen LogP contribution >= 0.6 is 0 Å². The number of halogens is 3. The molecule has 0 fully saturated rings. The van der Waals surface area contributed by atoms with Crippen molar-refractivity contribution in [2.24, 2.45) is 0 Å². The fraction of sp³-hybridized carbons (Fsp3) is 0.400. The zero-order valence-electron chi connectivity index (χ0n) is 4.48. The van der Waals surface area contributed by atoms with Crippen molar-refractivity contribution in [1.29, 1.82) is 0 Å². The minimum Gasteiger partial charge on any atom is -0.295 e. The summed E-state index contributed by atoms with van der Waals surface area (Å²) in [5.74, 6) is -1.14. The van der Waals surface area contributed by atoms with Gasteiger partial charge in [0, 0.05) is 6.42 Å². The van der Waals surface area contributed by atoms with Gasteiger partial charge in [0.15, 0.2) is 12.1 Å². The van der Waals surface area contributed by atoms with Gasteiger partial charge in [0.05, 0.1) is 0 Å². The van der Waals surface area contributed by atoms with E-state index in [1.807, 2.05) is 0 Å². The zero-order valence-corrected chi connectivity index (χ0v) is 4.48. The molecule has 0 aliphatic heterocycles. The molecule has 0 aromatic heterocycles. The second-order valence-electron chi connectivity index (χ2n) is 1.33. The summed E-state index contributed by atoms with van der Waals surface area (Å²) in [4.78, 5) is 9.43. The maximum Gasteiger partial charge on any atom is 0.242 e. The molecule has 9 heavy (non-hydrogen) atoms. The molecule has 0 aromatic carbocycles. The van der Waals surface area contributed by atoms with E-state index in [0.29, 0.717) is 6.08 Å². The Morgan fingerprint density at radius 3 is 2.44 bits per heavy atom. The first-order chi connectivity index (χ1) is 4.16. The van der Waals surface area contributed by atoms with Gasteiger partial charge in [0.1, 0.15) is 0 Å². The molecule has 52 valence electrons. The average molecular weight is 138 g/mol. The minimum absolute atomic E-state index is 0.109. The highest BCUT2D eigenvalue weighted by molar-refractivity contribution is 5.69. The lowest BCUT2D eigenvalue weighted by Crippen LogP contribution is -1.86. The molecular formula is C5H5F3O. The van der Waals surface area contributed by atoms with E-state index in [4.69, 9.17) is 0 Å². The number of aldehydes is 1. The predicted octanol–water partition coefficient (Wildman–Crippen LogP) is 1.69. The largest absolute Gasteiger partial charge is 0.295 e. The van der Waals surface area contributed by atoms with Crippen LogP contribution in [-0.2, 0) is 4.79 Å². The van der Waals surface area contributed by atoms with E-state index in [2.05, 4.69) is 0 Å². The molecule has 0 spiro atoms. The molecule has 0 rings (SSSR count). The van der Waals surface area contributed by atoms with Crippen LogP contribution in [0.1, 0.15) is 6.42 Å². The van der Waals surface area contributed by atoms with E-state index < -0.39 is 18.7 Å². The van der Waals surface area contributed by atoms with Crippen molar-refractivity contribution in [2.75, 3.05) is 0 Å². The molecular weight excluding hydrogens is 133 g/mol. The van der Waals surface area contributed by atoms with Crippen LogP contribution in [-0.4, -0.2) is 12.7 Å². The molecule has 0 saturated heterocycles. The van der Waals surface area contributed by atoms with Crippen molar-refractivity contribution in [1.82, 2.24) is 0 Å². The highest BCUT2D eigenvalue weighted by atomic mass is 19.3. The molecule has 0 saturated carbocycles. The summed E-state index contributed by atoms with van der Waals surface area (Å²) in [6, 6.07) is 0. The molecule has 0 aliphatic rings. The molecule has 0 N–H and O–H groups in total. The molecule has 0 bridgehead atoms. The Balaban J connectivity index is 3.56. The smallest absolute Gasteiger partial charge is 0.242 e. The van der Waals surface area contributed by atoms with Gasteiger partial charge in [-0.3, -0.25) is 4.79 Å². The van der Waals surface area contributed by atoms with E-state index >= 15 is 0 Å². The van der Waals surface area contributed by atoms with Gasteiger partial charge in [-0.2, -0.15) is 0 Å². The SMILES string of the molecule is O=C/C(F)=C/CC(F)F. The third kappa shape index (κ3) is 5.06. The summed E-state index contributed by atoms with van der Waals surface area (Å²) < 4.78 is 34.1. The van der Waals surface area contributed by atoms with Crippen molar-refractivity contribution in [3.63, 3.8) is 0 Å². The van der Waals surface area contributed by atoms with E-state index in [-0.39, 0.29) is 6.29 Å². The van der Waals surface area contributed by atoms with E-state index in [1.165, 1.54) is 0 Å². The monoisotopic (exact) mass is 138 g/mol. The van der Waals surface area contributed by atoms with Gasteiger partial charge in [0.25, 0.3) is 0 Å². The van der Waals surface area contributed by atoms with Gasteiger partial charge in [0.2, 0.25) is 6.43 Å². The number of carbonyl (C=O) groups is 1. The Hall–Kier alpha value is -0.800. The summed E-state index contributed by atoms with van der Waals surface area (Å²) in [5, 5.41) is 0. The summed E-state index contributed by atoms with van der Waals surface area (Å²) in [6.07, 6.45) is -2.85. The lowest BCUT2D eigenvalue weighted by Gasteiger charge is -1.87. The van der Waals surface area contributed by atoms with Crippen molar-refractivity contribution in [3.8, 4) is 0 Å². The molecule has 0 aliphatic carbocycles. The summed E-state index contributed by atoms with van der Waals surface area (Å²) >= 11 is 0. The van der Waals surface area contributed by atoms with Crippen molar-refractivity contribution < 1.29 is 18.0 Å². The number of carbonyl (C=O) groups excluding carboxylic acids is 1. The fourth-order valence-electron chi connectivity index (χ4n) is 0.250. The molecule has 0 aromatic rings. The van der Waals surface area contributed by atoms with E-state index in [1.54, 1.807) is 0 Å². The lowest BCUT2D eigenvalue weighted by molar-refractivity contribution is -0.106. The summed E-state index contributed by atoms with van der Waals surface area (Å²) in [6.45, 7) is 0. The maximum absolute atomic E-state index is 11.7. The standard InChI is InChI=1S/C5H5F3O/c6-4(3-9)1-2-5(7)8/h1,3,5H,2H2/b4-1-. The van der Waals surface area contributed by atoms with Crippen LogP contribution in [0.2, 0.25) is 0 Å². The van der Waals surface area contributed by atoms with Crippen LogP contribution in [0, 0.1) is 0 Å². The van der Waals surface area contributed by atoms with Crippen LogP contribution in [0.3, 0.4) is 0 Å². The molecule has 1 nitrogen and oxygen atoms in total. The van der Waals surface area contributed by atoms with Gasteiger partial charge in [-0.15, -0.1) is 0 Å². The van der Waals surface area contributed by atoms with E-state index in [0.717, 1.165) is 0 Å². The number of rotatable bonds is 3. The van der Waals surface area contributed by atoms with Crippen LogP contribution in [0.25, 0.3) is 0 Å². The third-order valence-electron chi connectivity index (χ3n) is 0.604. The van der Waals surface area contributed by atoms with Gasteiger partial charge in [-0.25, -0.2) is 13.2 Å². The molecule has 0 radical (unpaired) electrons. The quantitative estimate of drug-likeness (QED) is 0.428. The number of alkyl halides is 2. The minimum atomic E-state index is -2.59. The molecule has 0 amide bonds.